The molecular formula is C14H17N5O2. The van der Waals surface area contributed by atoms with Crippen LogP contribution in [-0.2, 0) is 6.54 Å². The first-order chi connectivity index (χ1) is 9.88. The molecule has 0 radical (unpaired) electrons. The molecule has 110 valence electrons. The SMILES string of the molecule is CN(C)c1cnn(Cc2ccc(C(N)=O)cc2N)c(=O)c1. The first-order valence-corrected chi connectivity index (χ1v) is 6.31. The second kappa shape index (κ2) is 5.66. The lowest BCUT2D eigenvalue weighted by Gasteiger charge is -2.13. The summed E-state index contributed by atoms with van der Waals surface area (Å²) in [6.07, 6.45) is 1.61. The second-order valence-corrected chi connectivity index (χ2v) is 4.88. The number of primary amides is 1. The van der Waals surface area contributed by atoms with Crippen molar-refractivity contribution in [3.05, 3.63) is 51.9 Å². The van der Waals surface area contributed by atoms with Crippen LogP contribution >= 0.6 is 0 Å². The van der Waals surface area contributed by atoms with Crippen molar-refractivity contribution in [1.29, 1.82) is 0 Å². The van der Waals surface area contributed by atoms with Gasteiger partial charge in [-0.05, 0) is 17.7 Å². The van der Waals surface area contributed by atoms with E-state index in [1.54, 1.807) is 23.2 Å². The Bertz CT molecular complexity index is 736. The molecule has 0 saturated carbocycles. The van der Waals surface area contributed by atoms with Gasteiger partial charge in [0.2, 0.25) is 5.91 Å². The Morgan fingerprint density at radius 3 is 2.57 bits per heavy atom. The number of carbonyl (C=O) groups excluding carboxylic acids is 1. The van der Waals surface area contributed by atoms with Crippen LogP contribution in [0.3, 0.4) is 0 Å². The van der Waals surface area contributed by atoms with Crippen molar-refractivity contribution in [3.63, 3.8) is 0 Å². The maximum atomic E-state index is 12.0. The van der Waals surface area contributed by atoms with Crippen molar-refractivity contribution < 1.29 is 4.79 Å². The van der Waals surface area contributed by atoms with Crippen molar-refractivity contribution in [2.75, 3.05) is 24.7 Å². The van der Waals surface area contributed by atoms with E-state index < -0.39 is 5.91 Å². The zero-order chi connectivity index (χ0) is 15.6. The van der Waals surface area contributed by atoms with Gasteiger partial charge in [-0.2, -0.15) is 5.10 Å². The zero-order valence-electron chi connectivity index (χ0n) is 11.9. The summed E-state index contributed by atoms with van der Waals surface area (Å²) in [7, 11) is 3.67. The summed E-state index contributed by atoms with van der Waals surface area (Å²) in [5, 5.41) is 4.11. The van der Waals surface area contributed by atoms with Crippen molar-refractivity contribution in [2.45, 2.75) is 6.54 Å². The van der Waals surface area contributed by atoms with Gasteiger partial charge in [-0.1, -0.05) is 6.07 Å². The van der Waals surface area contributed by atoms with Gasteiger partial charge in [-0.25, -0.2) is 4.68 Å². The van der Waals surface area contributed by atoms with Crippen LogP contribution in [0, 0.1) is 0 Å². The molecule has 0 aliphatic carbocycles. The fourth-order valence-electron chi connectivity index (χ4n) is 1.84. The lowest BCUT2D eigenvalue weighted by Crippen LogP contribution is -2.25. The number of anilines is 2. The Labute approximate surface area is 121 Å². The third-order valence-electron chi connectivity index (χ3n) is 3.12. The minimum absolute atomic E-state index is 0.223. The molecule has 0 bridgehead atoms. The Balaban J connectivity index is 2.30. The normalized spacial score (nSPS) is 10.4. The molecule has 0 aliphatic rings. The average Bonchev–Trinajstić information content (AvgIpc) is 2.42. The van der Waals surface area contributed by atoms with E-state index in [2.05, 4.69) is 5.10 Å². The van der Waals surface area contributed by atoms with Gasteiger partial charge >= 0.3 is 0 Å². The molecule has 1 heterocycles. The Morgan fingerprint density at radius 1 is 1.33 bits per heavy atom. The van der Waals surface area contributed by atoms with Gasteiger partial charge in [0.25, 0.3) is 5.56 Å². The average molecular weight is 287 g/mol. The summed E-state index contributed by atoms with van der Waals surface area (Å²) < 4.78 is 1.31. The number of amides is 1. The minimum atomic E-state index is -0.543. The summed E-state index contributed by atoms with van der Waals surface area (Å²) in [5.74, 6) is -0.543. The maximum absolute atomic E-state index is 12.0. The summed E-state index contributed by atoms with van der Waals surface area (Å²) in [5.41, 5.74) is 13.0. The number of aromatic nitrogens is 2. The smallest absolute Gasteiger partial charge is 0.269 e. The van der Waals surface area contributed by atoms with Gasteiger partial charge in [0, 0.05) is 31.4 Å². The van der Waals surface area contributed by atoms with Crippen LogP contribution in [0.4, 0.5) is 11.4 Å². The molecule has 0 aliphatic heterocycles. The summed E-state index contributed by atoms with van der Waals surface area (Å²) in [6.45, 7) is 0.234. The Morgan fingerprint density at radius 2 is 2.05 bits per heavy atom. The molecule has 0 fully saturated rings. The molecule has 0 saturated heterocycles. The van der Waals surface area contributed by atoms with Crippen LogP contribution in [0.15, 0.2) is 35.3 Å². The predicted molar refractivity (Wildman–Crippen MR) is 81.3 cm³/mol. The molecule has 4 N–H and O–H groups in total. The van der Waals surface area contributed by atoms with Crippen LogP contribution < -0.4 is 21.9 Å². The first kappa shape index (κ1) is 14.6. The molecule has 21 heavy (non-hydrogen) atoms. The molecule has 0 unspecified atom stereocenters. The zero-order valence-corrected chi connectivity index (χ0v) is 11.9. The van der Waals surface area contributed by atoms with E-state index in [9.17, 15) is 9.59 Å². The monoisotopic (exact) mass is 287 g/mol. The van der Waals surface area contributed by atoms with Gasteiger partial charge < -0.3 is 16.4 Å². The number of nitrogens with two attached hydrogens (primary N) is 2. The number of nitrogen functional groups attached to an aromatic ring is 1. The molecule has 2 aromatic rings. The quantitative estimate of drug-likeness (QED) is 0.772. The van der Waals surface area contributed by atoms with Crippen molar-refractivity contribution in [2.24, 2.45) is 5.73 Å². The molecule has 0 atom stereocenters. The van der Waals surface area contributed by atoms with Crippen LogP contribution in [0.2, 0.25) is 0 Å². The third kappa shape index (κ3) is 3.19. The molecule has 2 rings (SSSR count). The molecule has 7 heteroatoms. The van der Waals surface area contributed by atoms with Gasteiger partial charge in [-0.15, -0.1) is 0 Å². The molecule has 7 nitrogen and oxygen atoms in total. The van der Waals surface area contributed by atoms with Gasteiger partial charge in [0.05, 0.1) is 18.4 Å². The topological polar surface area (TPSA) is 107 Å². The number of nitrogens with zero attached hydrogens (tertiary/aromatic N) is 3. The predicted octanol–water partition coefficient (Wildman–Crippen LogP) is 0.0387. The standard InChI is InChI=1S/C14H17N5O2/c1-18(2)11-6-13(20)19(17-7-11)8-10-4-3-9(14(16)21)5-12(10)15/h3-7H,8,15H2,1-2H3,(H2,16,21). The van der Waals surface area contributed by atoms with Crippen molar-refractivity contribution in [3.8, 4) is 0 Å². The highest BCUT2D eigenvalue weighted by Gasteiger charge is 2.08. The molecule has 1 aromatic heterocycles. The van der Waals surface area contributed by atoms with E-state index in [0.29, 0.717) is 16.8 Å². The van der Waals surface area contributed by atoms with E-state index in [1.165, 1.54) is 16.8 Å². The van der Waals surface area contributed by atoms with E-state index in [4.69, 9.17) is 11.5 Å². The number of hydrogen-bond donors (Lipinski definition) is 2. The molecule has 0 spiro atoms. The maximum Gasteiger partial charge on any atom is 0.269 e. The highest BCUT2D eigenvalue weighted by atomic mass is 16.1. The summed E-state index contributed by atoms with van der Waals surface area (Å²) in [6, 6.07) is 6.24. The summed E-state index contributed by atoms with van der Waals surface area (Å²) >= 11 is 0. The third-order valence-corrected chi connectivity index (χ3v) is 3.12. The lowest BCUT2D eigenvalue weighted by atomic mass is 10.1. The van der Waals surface area contributed by atoms with Crippen LogP contribution in [0.1, 0.15) is 15.9 Å². The van der Waals surface area contributed by atoms with E-state index >= 15 is 0 Å². The Hall–Kier alpha value is -2.83. The highest BCUT2D eigenvalue weighted by Crippen LogP contribution is 2.15. The number of hydrogen-bond acceptors (Lipinski definition) is 5. The van der Waals surface area contributed by atoms with Crippen LogP contribution in [0.25, 0.3) is 0 Å². The number of carbonyl (C=O) groups is 1. The Kier molecular flexibility index (Phi) is 3.93. The summed E-state index contributed by atoms with van der Waals surface area (Å²) in [4.78, 5) is 24.9. The van der Waals surface area contributed by atoms with Gasteiger partial charge in [0.15, 0.2) is 0 Å². The fourth-order valence-corrected chi connectivity index (χ4v) is 1.84. The lowest BCUT2D eigenvalue weighted by molar-refractivity contribution is 0.100. The van der Waals surface area contributed by atoms with Gasteiger partial charge in [-0.3, -0.25) is 9.59 Å². The van der Waals surface area contributed by atoms with Crippen LogP contribution in [0.5, 0.6) is 0 Å². The van der Waals surface area contributed by atoms with Crippen LogP contribution in [-0.4, -0.2) is 29.8 Å². The molecule has 1 amide bonds. The fraction of sp³-hybridized carbons (Fsp3) is 0.214. The van der Waals surface area contributed by atoms with Crippen molar-refractivity contribution in [1.82, 2.24) is 9.78 Å². The number of rotatable bonds is 4. The largest absolute Gasteiger partial charge is 0.398 e. The van der Waals surface area contributed by atoms with E-state index in [-0.39, 0.29) is 12.1 Å². The second-order valence-electron chi connectivity index (χ2n) is 4.88. The van der Waals surface area contributed by atoms with E-state index in [1.807, 2.05) is 14.1 Å². The van der Waals surface area contributed by atoms with Crippen molar-refractivity contribution >= 4 is 17.3 Å². The highest BCUT2D eigenvalue weighted by molar-refractivity contribution is 5.93. The molecular weight excluding hydrogens is 270 g/mol. The molecule has 1 aromatic carbocycles. The first-order valence-electron chi connectivity index (χ1n) is 6.31. The van der Waals surface area contributed by atoms with E-state index in [0.717, 1.165) is 5.69 Å². The van der Waals surface area contributed by atoms with Gasteiger partial charge in [0.1, 0.15) is 0 Å². The minimum Gasteiger partial charge on any atom is -0.398 e. The number of benzene rings is 1.